The van der Waals surface area contributed by atoms with E-state index in [4.69, 9.17) is 4.74 Å². The number of nitrogens with zero attached hydrogens (tertiary/aromatic N) is 1. The molecule has 0 bridgehead atoms. The molecule has 26 heavy (non-hydrogen) atoms. The lowest BCUT2D eigenvalue weighted by molar-refractivity contribution is -0.118. The average Bonchev–Trinajstić information content (AvgIpc) is 2.75. The highest BCUT2D eigenvalue weighted by molar-refractivity contribution is 6.05. The number of anilines is 3. The predicted octanol–water partition coefficient (Wildman–Crippen LogP) is 3.26. The molecule has 0 aromatic heterocycles. The Kier molecular flexibility index (Phi) is 5.41. The van der Waals surface area contributed by atoms with Gasteiger partial charge in [-0.2, -0.15) is 0 Å². The van der Waals surface area contributed by atoms with Gasteiger partial charge in [0.05, 0.1) is 30.2 Å². The molecule has 2 N–H and O–H groups in total. The van der Waals surface area contributed by atoms with Crippen LogP contribution in [-0.2, 0) is 9.59 Å². The summed E-state index contributed by atoms with van der Waals surface area (Å²) >= 11 is 0. The van der Waals surface area contributed by atoms with Crippen LogP contribution in [0.5, 0.6) is 5.75 Å². The summed E-state index contributed by atoms with van der Waals surface area (Å²) in [6.45, 7) is 4.46. The van der Waals surface area contributed by atoms with E-state index in [0.29, 0.717) is 18.0 Å². The van der Waals surface area contributed by atoms with Gasteiger partial charge in [0.1, 0.15) is 5.75 Å². The summed E-state index contributed by atoms with van der Waals surface area (Å²) < 4.78 is 5.58. The van der Waals surface area contributed by atoms with Gasteiger partial charge in [-0.05, 0) is 38.1 Å². The summed E-state index contributed by atoms with van der Waals surface area (Å²) in [6, 6.07) is 14.7. The smallest absolute Gasteiger partial charge is 0.246 e. The van der Waals surface area contributed by atoms with Crippen LogP contribution in [-0.4, -0.2) is 31.0 Å². The van der Waals surface area contributed by atoms with E-state index < -0.39 is 0 Å². The molecule has 6 nitrogen and oxygen atoms in total. The first-order chi connectivity index (χ1) is 12.6. The standard InChI is InChI=1S/C20H23N3O3/c1-3-26-18-11-7-5-9-16(18)21-13-20(25)23-14(2)12-19(24)22-15-8-4-6-10-17(15)23/h4-11,14,21H,3,12-13H2,1-2H3,(H,22,24)/t14-/m1/s1. The Morgan fingerprint density at radius 3 is 2.77 bits per heavy atom. The number of hydrogen-bond donors (Lipinski definition) is 2. The minimum atomic E-state index is -0.227. The van der Waals surface area contributed by atoms with Gasteiger partial charge in [0.2, 0.25) is 11.8 Å². The van der Waals surface area contributed by atoms with Crippen LogP contribution < -0.4 is 20.3 Å². The van der Waals surface area contributed by atoms with Crippen LogP contribution >= 0.6 is 0 Å². The molecule has 0 saturated heterocycles. The van der Waals surface area contributed by atoms with E-state index in [1.165, 1.54) is 0 Å². The monoisotopic (exact) mass is 353 g/mol. The van der Waals surface area contributed by atoms with E-state index in [1.54, 1.807) is 4.90 Å². The molecule has 0 unspecified atom stereocenters. The van der Waals surface area contributed by atoms with Gasteiger partial charge < -0.3 is 20.3 Å². The molecule has 0 spiro atoms. The number of carbonyl (C=O) groups excluding carboxylic acids is 2. The second-order valence-corrected chi connectivity index (χ2v) is 6.16. The second-order valence-electron chi connectivity index (χ2n) is 6.16. The van der Waals surface area contributed by atoms with Crippen molar-refractivity contribution < 1.29 is 14.3 Å². The number of benzene rings is 2. The van der Waals surface area contributed by atoms with E-state index in [1.807, 2.05) is 62.4 Å². The molecule has 1 aliphatic heterocycles. The molecule has 0 radical (unpaired) electrons. The fourth-order valence-electron chi connectivity index (χ4n) is 3.12. The normalized spacial score (nSPS) is 16.3. The molecule has 0 saturated carbocycles. The highest BCUT2D eigenvalue weighted by Crippen LogP contribution is 2.31. The topological polar surface area (TPSA) is 70.7 Å². The molecule has 2 aromatic carbocycles. The van der Waals surface area contributed by atoms with Gasteiger partial charge in [-0.3, -0.25) is 9.59 Å². The average molecular weight is 353 g/mol. The van der Waals surface area contributed by atoms with Crippen LogP contribution in [0.3, 0.4) is 0 Å². The Bertz CT molecular complexity index is 806. The van der Waals surface area contributed by atoms with E-state index in [0.717, 1.165) is 11.4 Å². The Morgan fingerprint density at radius 2 is 1.96 bits per heavy atom. The number of hydrogen-bond acceptors (Lipinski definition) is 4. The van der Waals surface area contributed by atoms with E-state index in [2.05, 4.69) is 10.6 Å². The van der Waals surface area contributed by atoms with Crippen molar-refractivity contribution in [2.45, 2.75) is 26.3 Å². The van der Waals surface area contributed by atoms with Crippen molar-refractivity contribution in [3.05, 3.63) is 48.5 Å². The molecule has 3 rings (SSSR count). The molecular weight excluding hydrogens is 330 g/mol. The quantitative estimate of drug-likeness (QED) is 0.866. The van der Waals surface area contributed by atoms with E-state index in [-0.39, 0.29) is 30.8 Å². The van der Waals surface area contributed by atoms with Crippen LogP contribution in [0, 0.1) is 0 Å². The Balaban J connectivity index is 1.80. The zero-order valence-corrected chi connectivity index (χ0v) is 15.0. The largest absolute Gasteiger partial charge is 0.492 e. The van der Waals surface area contributed by atoms with Gasteiger partial charge in [-0.1, -0.05) is 24.3 Å². The summed E-state index contributed by atoms with van der Waals surface area (Å²) in [5, 5.41) is 6.02. The van der Waals surface area contributed by atoms with Crippen LogP contribution in [0.1, 0.15) is 20.3 Å². The Labute approximate surface area is 153 Å². The van der Waals surface area contributed by atoms with Crippen LogP contribution in [0.25, 0.3) is 0 Å². The lowest BCUT2D eigenvalue weighted by Crippen LogP contribution is -2.42. The number of ether oxygens (including phenoxy) is 1. The van der Waals surface area contributed by atoms with Gasteiger partial charge in [0, 0.05) is 12.5 Å². The minimum absolute atomic E-state index is 0.0881. The molecule has 6 heteroatoms. The number of amides is 2. The third kappa shape index (κ3) is 3.79. The molecule has 1 atom stereocenters. The van der Waals surface area contributed by atoms with E-state index >= 15 is 0 Å². The summed E-state index contributed by atoms with van der Waals surface area (Å²) in [5.41, 5.74) is 2.15. The zero-order valence-electron chi connectivity index (χ0n) is 15.0. The summed E-state index contributed by atoms with van der Waals surface area (Å²) in [7, 11) is 0. The maximum atomic E-state index is 13.0. The molecule has 0 fully saturated rings. The van der Waals surface area contributed by atoms with Crippen molar-refractivity contribution in [1.29, 1.82) is 0 Å². The van der Waals surface area contributed by atoms with Crippen molar-refractivity contribution in [2.24, 2.45) is 0 Å². The Morgan fingerprint density at radius 1 is 1.23 bits per heavy atom. The summed E-state index contributed by atoms with van der Waals surface area (Å²) in [4.78, 5) is 26.7. The lowest BCUT2D eigenvalue weighted by atomic mass is 10.1. The van der Waals surface area contributed by atoms with Gasteiger partial charge in [-0.15, -0.1) is 0 Å². The number of rotatable bonds is 5. The lowest BCUT2D eigenvalue weighted by Gasteiger charge is -2.28. The van der Waals surface area contributed by atoms with Crippen molar-refractivity contribution in [3.8, 4) is 5.75 Å². The van der Waals surface area contributed by atoms with Crippen molar-refractivity contribution in [3.63, 3.8) is 0 Å². The molecule has 2 amide bonds. The number of nitrogens with one attached hydrogen (secondary N) is 2. The Hall–Kier alpha value is -3.02. The molecular formula is C20H23N3O3. The fraction of sp³-hybridized carbons (Fsp3) is 0.300. The van der Waals surface area contributed by atoms with Crippen molar-refractivity contribution in [1.82, 2.24) is 0 Å². The first-order valence-corrected chi connectivity index (χ1v) is 8.76. The number of para-hydroxylation sites is 4. The maximum absolute atomic E-state index is 13.0. The molecule has 2 aromatic rings. The van der Waals surface area contributed by atoms with Gasteiger partial charge >= 0.3 is 0 Å². The van der Waals surface area contributed by atoms with E-state index in [9.17, 15) is 9.59 Å². The van der Waals surface area contributed by atoms with Gasteiger partial charge in [0.25, 0.3) is 0 Å². The van der Waals surface area contributed by atoms with Crippen molar-refractivity contribution in [2.75, 3.05) is 28.7 Å². The SMILES string of the molecule is CCOc1ccccc1NCC(=O)N1c2ccccc2NC(=O)C[C@H]1C. The maximum Gasteiger partial charge on any atom is 0.246 e. The first kappa shape index (κ1) is 17.8. The molecule has 1 heterocycles. The van der Waals surface area contributed by atoms with Crippen LogP contribution in [0.4, 0.5) is 17.1 Å². The minimum Gasteiger partial charge on any atom is -0.492 e. The zero-order chi connectivity index (χ0) is 18.5. The van der Waals surface area contributed by atoms with Crippen LogP contribution in [0.15, 0.2) is 48.5 Å². The predicted molar refractivity (Wildman–Crippen MR) is 103 cm³/mol. The van der Waals surface area contributed by atoms with Crippen molar-refractivity contribution >= 4 is 28.9 Å². The highest BCUT2D eigenvalue weighted by atomic mass is 16.5. The van der Waals surface area contributed by atoms with Gasteiger partial charge in [0.15, 0.2) is 0 Å². The third-order valence-electron chi connectivity index (χ3n) is 4.24. The second kappa shape index (κ2) is 7.91. The summed E-state index contributed by atoms with van der Waals surface area (Å²) in [6.07, 6.45) is 0.260. The highest BCUT2D eigenvalue weighted by Gasteiger charge is 2.29. The first-order valence-electron chi connectivity index (χ1n) is 8.76. The molecule has 1 aliphatic rings. The van der Waals surface area contributed by atoms with Crippen LogP contribution in [0.2, 0.25) is 0 Å². The molecule has 136 valence electrons. The third-order valence-corrected chi connectivity index (χ3v) is 4.24. The number of carbonyl (C=O) groups is 2. The molecule has 0 aliphatic carbocycles. The summed E-state index contributed by atoms with van der Waals surface area (Å²) in [5.74, 6) is 0.520. The number of fused-ring (bicyclic) bond motifs is 1. The fourth-order valence-corrected chi connectivity index (χ4v) is 3.12. The van der Waals surface area contributed by atoms with Gasteiger partial charge in [-0.25, -0.2) is 0 Å².